The lowest BCUT2D eigenvalue weighted by molar-refractivity contribution is -0.137. The van der Waals surface area contributed by atoms with Crippen molar-refractivity contribution in [1.29, 1.82) is 0 Å². The monoisotopic (exact) mass is 343 g/mol. The third kappa shape index (κ3) is 6.27. The van der Waals surface area contributed by atoms with Crippen LogP contribution in [-0.4, -0.2) is 41.1 Å². The highest BCUT2D eigenvalue weighted by Gasteiger charge is 2.11. The largest absolute Gasteiger partial charge is 0.480 e. The standard InChI is InChI=1S/C13H17N3O4S2/c1-8(13(18)19)15-10-2-9(14-6-20-7-22)3-11(4-10)16-12(17)5-21/h2-4,6,8,15,21-22H,5,7H2,1H3,(H,16,17)(H,18,19). The van der Waals surface area contributed by atoms with Crippen LogP contribution in [0.2, 0.25) is 0 Å². The van der Waals surface area contributed by atoms with E-state index in [0.717, 1.165) is 0 Å². The highest BCUT2D eigenvalue weighted by atomic mass is 32.1. The van der Waals surface area contributed by atoms with Gasteiger partial charge in [0.1, 0.15) is 12.0 Å². The van der Waals surface area contributed by atoms with Crippen LogP contribution in [0, 0.1) is 0 Å². The summed E-state index contributed by atoms with van der Waals surface area (Å²) in [5.41, 5.74) is 1.46. The summed E-state index contributed by atoms with van der Waals surface area (Å²) >= 11 is 7.76. The van der Waals surface area contributed by atoms with Crippen molar-refractivity contribution in [3.8, 4) is 0 Å². The van der Waals surface area contributed by atoms with Gasteiger partial charge in [0, 0.05) is 11.4 Å². The van der Waals surface area contributed by atoms with Crippen molar-refractivity contribution in [2.45, 2.75) is 13.0 Å². The van der Waals surface area contributed by atoms with Gasteiger partial charge in [-0.2, -0.15) is 12.6 Å². The molecule has 3 N–H and O–H groups in total. The van der Waals surface area contributed by atoms with Crippen LogP contribution in [0.4, 0.5) is 17.1 Å². The predicted molar refractivity (Wildman–Crippen MR) is 92.7 cm³/mol. The summed E-state index contributed by atoms with van der Waals surface area (Å²) < 4.78 is 4.90. The minimum atomic E-state index is -0.992. The van der Waals surface area contributed by atoms with Crippen molar-refractivity contribution in [3.05, 3.63) is 18.2 Å². The van der Waals surface area contributed by atoms with Crippen LogP contribution in [0.3, 0.4) is 0 Å². The summed E-state index contributed by atoms with van der Waals surface area (Å²) in [6.07, 6.45) is 1.22. The number of nitrogens with one attached hydrogen (secondary N) is 2. The predicted octanol–water partition coefficient (Wildman–Crippen LogP) is 2.00. The Labute approximate surface area is 139 Å². The van der Waals surface area contributed by atoms with E-state index in [4.69, 9.17) is 9.84 Å². The molecule has 0 radical (unpaired) electrons. The van der Waals surface area contributed by atoms with Crippen molar-refractivity contribution < 1.29 is 19.4 Å². The summed E-state index contributed by atoms with van der Waals surface area (Å²) in [6.45, 7) is 1.51. The Bertz CT molecular complexity index is 566. The SMILES string of the molecule is CC(Nc1cc(N=COCS)cc(NC(=O)CS)c1)C(=O)O. The first-order valence-corrected chi connectivity index (χ1v) is 7.53. The molecule has 0 bridgehead atoms. The lowest BCUT2D eigenvalue weighted by Crippen LogP contribution is -2.25. The topological polar surface area (TPSA) is 100 Å². The fourth-order valence-corrected chi connectivity index (χ4v) is 1.63. The van der Waals surface area contributed by atoms with Gasteiger partial charge in [-0.1, -0.05) is 0 Å². The first-order valence-electron chi connectivity index (χ1n) is 6.26. The average Bonchev–Trinajstić information content (AvgIpc) is 2.47. The van der Waals surface area contributed by atoms with E-state index >= 15 is 0 Å². The number of benzene rings is 1. The van der Waals surface area contributed by atoms with Crippen molar-refractivity contribution >= 4 is 60.6 Å². The van der Waals surface area contributed by atoms with E-state index in [0.29, 0.717) is 17.1 Å². The number of rotatable bonds is 8. The molecule has 1 atom stereocenters. The van der Waals surface area contributed by atoms with E-state index in [9.17, 15) is 9.59 Å². The number of carbonyl (C=O) groups is 2. The van der Waals surface area contributed by atoms with Gasteiger partial charge in [-0.15, -0.1) is 12.6 Å². The third-order valence-electron chi connectivity index (χ3n) is 2.45. The van der Waals surface area contributed by atoms with E-state index in [2.05, 4.69) is 40.9 Å². The fraction of sp³-hybridized carbons (Fsp3) is 0.308. The molecule has 0 saturated carbocycles. The number of hydrogen-bond acceptors (Lipinski definition) is 7. The lowest BCUT2D eigenvalue weighted by atomic mass is 10.2. The molecule has 1 rings (SSSR count). The number of aliphatic carboxylic acids is 1. The molecule has 1 aromatic rings. The van der Waals surface area contributed by atoms with Gasteiger partial charge in [0.2, 0.25) is 5.91 Å². The molecule has 0 aliphatic carbocycles. The van der Waals surface area contributed by atoms with Gasteiger partial charge >= 0.3 is 5.97 Å². The van der Waals surface area contributed by atoms with Crippen molar-refractivity contribution in [3.63, 3.8) is 0 Å². The maximum atomic E-state index is 11.4. The zero-order valence-corrected chi connectivity index (χ0v) is 13.6. The Morgan fingerprint density at radius 3 is 2.64 bits per heavy atom. The van der Waals surface area contributed by atoms with Gasteiger partial charge in [-0.05, 0) is 25.1 Å². The molecule has 0 heterocycles. The molecule has 1 unspecified atom stereocenters. The highest BCUT2D eigenvalue weighted by Crippen LogP contribution is 2.25. The summed E-state index contributed by atoms with van der Waals surface area (Å²) in [7, 11) is 0. The molecule has 0 spiro atoms. The molecular weight excluding hydrogens is 326 g/mol. The highest BCUT2D eigenvalue weighted by molar-refractivity contribution is 7.81. The number of carboxylic acids is 1. The minimum absolute atomic E-state index is 0.0323. The maximum Gasteiger partial charge on any atom is 0.325 e. The Hall–Kier alpha value is -1.87. The number of anilines is 2. The van der Waals surface area contributed by atoms with Crippen molar-refractivity contribution in [2.24, 2.45) is 4.99 Å². The number of thiol groups is 2. The first kappa shape index (κ1) is 18.2. The average molecular weight is 343 g/mol. The zero-order chi connectivity index (χ0) is 16.5. The van der Waals surface area contributed by atoms with Crippen LogP contribution in [0.25, 0.3) is 0 Å². The van der Waals surface area contributed by atoms with E-state index < -0.39 is 12.0 Å². The molecule has 120 valence electrons. The second kappa shape index (κ2) is 9.21. The number of ether oxygens (including phenoxy) is 1. The van der Waals surface area contributed by atoms with E-state index in [1.54, 1.807) is 18.2 Å². The molecule has 1 aromatic carbocycles. The van der Waals surface area contributed by atoms with Crippen LogP contribution < -0.4 is 10.6 Å². The number of nitrogens with zero attached hydrogens (tertiary/aromatic N) is 1. The fourth-order valence-electron chi connectivity index (χ4n) is 1.48. The van der Waals surface area contributed by atoms with Crippen molar-refractivity contribution in [1.82, 2.24) is 0 Å². The van der Waals surface area contributed by atoms with Gasteiger partial charge in [0.25, 0.3) is 0 Å². The molecular formula is C13H17N3O4S2. The quantitative estimate of drug-likeness (QED) is 0.215. The first-order chi connectivity index (χ1) is 10.5. The molecule has 0 aliphatic rings. The third-order valence-corrected chi connectivity index (χ3v) is 2.89. The molecule has 0 aliphatic heterocycles. The second-order valence-corrected chi connectivity index (χ2v) is 4.78. The summed E-state index contributed by atoms with van der Waals surface area (Å²) in [5, 5.41) is 14.4. The molecule has 0 saturated heterocycles. The van der Waals surface area contributed by atoms with Crippen LogP contribution >= 0.6 is 25.3 Å². The van der Waals surface area contributed by atoms with Gasteiger partial charge < -0.3 is 20.5 Å². The number of aliphatic imine (C=N–C) groups is 1. The molecule has 0 aromatic heterocycles. The van der Waals surface area contributed by atoms with Crippen molar-refractivity contribution in [2.75, 3.05) is 22.3 Å². The van der Waals surface area contributed by atoms with Crippen LogP contribution in [0.1, 0.15) is 6.92 Å². The summed E-state index contributed by atoms with van der Waals surface area (Å²) in [4.78, 5) is 26.4. The number of amides is 1. The Kier molecular flexibility index (Phi) is 7.61. The summed E-state index contributed by atoms with van der Waals surface area (Å²) in [6, 6.07) is 4.07. The summed E-state index contributed by atoms with van der Waals surface area (Å²) in [5.74, 6) is -1.06. The lowest BCUT2D eigenvalue weighted by Gasteiger charge is -2.13. The molecule has 22 heavy (non-hydrogen) atoms. The Morgan fingerprint density at radius 2 is 2.05 bits per heavy atom. The van der Waals surface area contributed by atoms with Gasteiger partial charge in [0.05, 0.1) is 11.4 Å². The van der Waals surface area contributed by atoms with Gasteiger partial charge in [0.15, 0.2) is 6.40 Å². The van der Waals surface area contributed by atoms with Crippen LogP contribution in [0.5, 0.6) is 0 Å². The molecule has 9 heteroatoms. The molecule has 1 amide bonds. The Balaban J connectivity index is 3.02. The maximum absolute atomic E-state index is 11.4. The van der Waals surface area contributed by atoms with Gasteiger partial charge in [-0.25, -0.2) is 4.99 Å². The van der Waals surface area contributed by atoms with Crippen LogP contribution in [0.15, 0.2) is 23.2 Å². The number of carboxylic acid groups (broad SMARTS) is 1. The second-order valence-electron chi connectivity index (χ2n) is 4.21. The molecule has 0 fully saturated rings. The van der Waals surface area contributed by atoms with E-state index in [1.807, 2.05) is 0 Å². The number of hydrogen-bond donors (Lipinski definition) is 5. The van der Waals surface area contributed by atoms with Crippen LogP contribution in [-0.2, 0) is 14.3 Å². The normalized spacial score (nSPS) is 12.0. The van der Waals surface area contributed by atoms with Gasteiger partial charge in [-0.3, -0.25) is 9.59 Å². The molecule has 7 nitrogen and oxygen atoms in total. The zero-order valence-electron chi connectivity index (χ0n) is 11.8. The Morgan fingerprint density at radius 1 is 1.36 bits per heavy atom. The van der Waals surface area contributed by atoms with E-state index in [-0.39, 0.29) is 17.6 Å². The number of carbonyl (C=O) groups excluding carboxylic acids is 1. The van der Waals surface area contributed by atoms with E-state index in [1.165, 1.54) is 13.3 Å². The smallest absolute Gasteiger partial charge is 0.325 e. The minimum Gasteiger partial charge on any atom is -0.480 e.